The molecule has 0 radical (unpaired) electrons. The molecular weight excluding hydrogens is 304 g/mol. The first-order valence-electron chi connectivity index (χ1n) is 8.35. The van der Waals surface area contributed by atoms with E-state index in [1.54, 1.807) is 14.2 Å². The van der Waals surface area contributed by atoms with Gasteiger partial charge in [-0.25, -0.2) is 4.98 Å². The maximum atomic E-state index is 5.61. The highest BCUT2D eigenvalue weighted by Gasteiger charge is 2.18. The quantitative estimate of drug-likeness (QED) is 0.735. The topological polar surface area (TPSA) is 45.5 Å². The summed E-state index contributed by atoms with van der Waals surface area (Å²) in [6, 6.07) is 5.94. The van der Waals surface area contributed by atoms with E-state index in [0.717, 1.165) is 35.0 Å². The van der Waals surface area contributed by atoms with Crippen molar-refractivity contribution in [1.29, 1.82) is 0 Å². The number of nitrogens with zero attached hydrogens (tertiary/aromatic N) is 2. The van der Waals surface area contributed by atoms with Crippen LogP contribution in [-0.2, 0) is 17.9 Å². The van der Waals surface area contributed by atoms with E-state index in [0.29, 0.717) is 19.3 Å². The monoisotopic (exact) mass is 332 g/mol. The molecule has 0 N–H and O–H groups in total. The maximum absolute atomic E-state index is 5.61. The van der Waals surface area contributed by atoms with Crippen molar-refractivity contribution >= 4 is 0 Å². The van der Waals surface area contributed by atoms with E-state index in [9.17, 15) is 0 Å². The number of rotatable bonds is 8. The molecule has 0 saturated carbocycles. The predicted octanol–water partition coefficient (Wildman–Crippen LogP) is 3.92. The van der Waals surface area contributed by atoms with Crippen LogP contribution in [0.4, 0.5) is 0 Å². The van der Waals surface area contributed by atoms with Gasteiger partial charge in [0.1, 0.15) is 24.1 Å². The summed E-state index contributed by atoms with van der Waals surface area (Å²) in [5.74, 6) is 2.94. The van der Waals surface area contributed by atoms with E-state index in [4.69, 9.17) is 19.2 Å². The Morgan fingerprint density at radius 1 is 1.08 bits per heavy atom. The number of benzene rings is 1. The first-order valence-corrected chi connectivity index (χ1v) is 8.35. The van der Waals surface area contributed by atoms with Crippen LogP contribution < -0.4 is 9.47 Å². The van der Waals surface area contributed by atoms with Gasteiger partial charge in [0.25, 0.3) is 0 Å². The van der Waals surface area contributed by atoms with E-state index < -0.39 is 0 Å². The van der Waals surface area contributed by atoms with Gasteiger partial charge in [0.15, 0.2) is 0 Å². The van der Waals surface area contributed by atoms with Crippen LogP contribution in [-0.4, -0.2) is 30.4 Å². The van der Waals surface area contributed by atoms with Crippen molar-refractivity contribution in [3.05, 3.63) is 41.0 Å². The van der Waals surface area contributed by atoms with E-state index >= 15 is 0 Å². The van der Waals surface area contributed by atoms with Gasteiger partial charge >= 0.3 is 0 Å². The summed E-state index contributed by atoms with van der Waals surface area (Å²) >= 11 is 0. The molecule has 1 aromatic carbocycles. The third-order valence-corrected chi connectivity index (χ3v) is 4.03. The molecule has 0 aliphatic carbocycles. The normalized spacial score (nSPS) is 11.1. The lowest BCUT2D eigenvalue weighted by molar-refractivity contribution is 0.0839. The van der Waals surface area contributed by atoms with Gasteiger partial charge in [0, 0.05) is 24.8 Å². The van der Waals surface area contributed by atoms with Crippen LogP contribution in [0.3, 0.4) is 0 Å². The van der Waals surface area contributed by atoms with Crippen LogP contribution in [0.15, 0.2) is 18.2 Å². The van der Waals surface area contributed by atoms with Gasteiger partial charge < -0.3 is 18.8 Å². The standard InChI is InChI=1S/C19H28N2O3/c1-7-24-12-21-14(4)20-18(19(21)13(2)3)10-15-8-16(22-5)11-17(9-15)23-6/h8-9,11,13H,7,10,12H2,1-6H3. The molecule has 2 rings (SSSR count). The third-order valence-electron chi connectivity index (χ3n) is 4.03. The van der Waals surface area contributed by atoms with Gasteiger partial charge in [-0.3, -0.25) is 0 Å². The lowest BCUT2D eigenvalue weighted by Gasteiger charge is -2.14. The summed E-state index contributed by atoms with van der Waals surface area (Å²) < 4.78 is 18.5. The summed E-state index contributed by atoms with van der Waals surface area (Å²) in [5.41, 5.74) is 3.43. The molecule has 0 saturated heterocycles. The predicted molar refractivity (Wildman–Crippen MR) is 95.0 cm³/mol. The zero-order valence-corrected chi connectivity index (χ0v) is 15.5. The Morgan fingerprint density at radius 3 is 2.21 bits per heavy atom. The van der Waals surface area contributed by atoms with Crippen LogP contribution in [0.5, 0.6) is 11.5 Å². The number of aromatic nitrogens is 2. The fourth-order valence-corrected chi connectivity index (χ4v) is 2.93. The van der Waals surface area contributed by atoms with E-state index in [2.05, 4.69) is 18.4 Å². The fourth-order valence-electron chi connectivity index (χ4n) is 2.93. The summed E-state index contributed by atoms with van der Waals surface area (Å²) in [4.78, 5) is 4.79. The number of hydrogen-bond donors (Lipinski definition) is 0. The minimum Gasteiger partial charge on any atom is -0.497 e. The van der Waals surface area contributed by atoms with Gasteiger partial charge in [-0.2, -0.15) is 0 Å². The molecular formula is C19H28N2O3. The number of ether oxygens (including phenoxy) is 3. The third kappa shape index (κ3) is 4.09. The molecule has 24 heavy (non-hydrogen) atoms. The van der Waals surface area contributed by atoms with Gasteiger partial charge in [0.2, 0.25) is 0 Å². The Hall–Kier alpha value is -2.01. The summed E-state index contributed by atoms with van der Waals surface area (Å²) in [6.45, 7) is 9.65. The molecule has 1 aromatic heterocycles. The average Bonchev–Trinajstić information content (AvgIpc) is 2.87. The summed E-state index contributed by atoms with van der Waals surface area (Å²) in [6.07, 6.45) is 0.737. The van der Waals surface area contributed by atoms with Gasteiger partial charge in [-0.05, 0) is 37.5 Å². The van der Waals surface area contributed by atoms with E-state index in [1.807, 2.05) is 32.0 Å². The highest BCUT2D eigenvalue weighted by Crippen LogP contribution is 2.27. The Kier molecular flexibility index (Phi) is 6.26. The van der Waals surface area contributed by atoms with Crippen LogP contribution in [0.1, 0.15) is 49.5 Å². The maximum Gasteiger partial charge on any atom is 0.124 e. The lowest BCUT2D eigenvalue weighted by Crippen LogP contribution is -2.10. The second-order valence-electron chi connectivity index (χ2n) is 6.09. The highest BCUT2D eigenvalue weighted by atomic mass is 16.5. The first kappa shape index (κ1) is 18.3. The second-order valence-corrected chi connectivity index (χ2v) is 6.09. The first-order chi connectivity index (χ1) is 11.5. The Morgan fingerprint density at radius 2 is 1.71 bits per heavy atom. The highest BCUT2D eigenvalue weighted by molar-refractivity contribution is 5.40. The molecule has 5 nitrogen and oxygen atoms in total. The van der Waals surface area contributed by atoms with Crippen molar-refractivity contribution in [1.82, 2.24) is 9.55 Å². The number of aryl methyl sites for hydroxylation is 1. The van der Waals surface area contributed by atoms with Crippen molar-refractivity contribution in [3.63, 3.8) is 0 Å². The fraction of sp³-hybridized carbons (Fsp3) is 0.526. The molecule has 132 valence electrons. The smallest absolute Gasteiger partial charge is 0.124 e. The Balaban J connectivity index is 2.39. The van der Waals surface area contributed by atoms with Gasteiger partial charge in [0.05, 0.1) is 19.9 Å². The van der Waals surface area contributed by atoms with Crippen molar-refractivity contribution < 1.29 is 14.2 Å². The second kappa shape index (κ2) is 8.20. The van der Waals surface area contributed by atoms with Crippen molar-refractivity contribution in [2.24, 2.45) is 0 Å². The largest absolute Gasteiger partial charge is 0.497 e. The molecule has 0 fully saturated rings. The number of methoxy groups -OCH3 is 2. The zero-order valence-electron chi connectivity index (χ0n) is 15.5. The molecule has 0 aliphatic heterocycles. The molecule has 5 heteroatoms. The van der Waals surface area contributed by atoms with Crippen molar-refractivity contribution in [2.45, 2.75) is 46.8 Å². The van der Waals surface area contributed by atoms with E-state index in [-0.39, 0.29) is 0 Å². The van der Waals surface area contributed by atoms with Crippen LogP contribution in [0, 0.1) is 6.92 Å². The van der Waals surface area contributed by atoms with Crippen LogP contribution in [0.2, 0.25) is 0 Å². The van der Waals surface area contributed by atoms with Crippen LogP contribution >= 0.6 is 0 Å². The molecule has 0 atom stereocenters. The number of hydrogen-bond acceptors (Lipinski definition) is 4. The van der Waals surface area contributed by atoms with Crippen molar-refractivity contribution in [3.8, 4) is 11.5 Å². The SMILES string of the molecule is CCOCn1c(C)nc(Cc2cc(OC)cc(OC)c2)c1C(C)C. The molecule has 0 spiro atoms. The molecule has 0 bridgehead atoms. The molecule has 0 unspecified atom stereocenters. The molecule has 1 heterocycles. The van der Waals surface area contributed by atoms with E-state index in [1.165, 1.54) is 5.69 Å². The number of imidazole rings is 1. The Labute approximate surface area is 144 Å². The molecule has 0 aliphatic rings. The van der Waals surface area contributed by atoms with Gasteiger partial charge in [-0.15, -0.1) is 0 Å². The summed E-state index contributed by atoms with van der Waals surface area (Å²) in [5, 5.41) is 0. The minimum atomic E-state index is 0.370. The zero-order chi connectivity index (χ0) is 17.7. The molecule has 0 amide bonds. The summed E-state index contributed by atoms with van der Waals surface area (Å²) in [7, 11) is 3.33. The Bertz CT molecular complexity index is 655. The lowest BCUT2D eigenvalue weighted by atomic mass is 10.0. The average molecular weight is 332 g/mol. The van der Waals surface area contributed by atoms with Crippen molar-refractivity contribution in [2.75, 3.05) is 20.8 Å². The van der Waals surface area contributed by atoms with Gasteiger partial charge in [-0.1, -0.05) is 13.8 Å². The van der Waals surface area contributed by atoms with Crippen LogP contribution in [0.25, 0.3) is 0 Å². The molecule has 2 aromatic rings. The minimum absolute atomic E-state index is 0.370.